The third-order valence-corrected chi connectivity index (χ3v) is 5.04. The van der Waals surface area contributed by atoms with Gasteiger partial charge < -0.3 is 14.6 Å². The summed E-state index contributed by atoms with van der Waals surface area (Å²) in [5.41, 5.74) is 0.362. The zero-order chi connectivity index (χ0) is 17.7. The van der Waals surface area contributed by atoms with Crippen LogP contribution in [0.25, 0.3) is 0 Å². The van der Waals surface area contributed by atoms with Crippen LogP contribution in [0, 0.1) is 0 Å². The number of sulfone groups is 1. The highest BCUT2D eigenvalue weighted by molar-refractivity contribution is 7.91. The van der Waals surface area contributed by atoms with Crippen molar-refractivity contribution in [2.24, 2.45) is 0 Å². The first-order valence-electron chi connectivity index (χ1n) is 7.24. The molecule has 0 spiro atoms. The number of ether oxygens (including phenoxy) is 2. The van der Waals surface area contributed by atoms with Crippen LogP contribution in [0.3, 0.4) is 0 Å². The quantitative estimate of drug-likeness (QED) is 0.825. The summed E-state index contributed by atoms with van der Waals surface area (Å²) in [5, 5.41) is 8.95. The lowest BCUT2D eigenvalue weighted by atomic mass is 10.1. The van der Waals surface area contributed by atoms with Gasteiger partial charge in [0.1, 0.15) is 11.5 Å². The highest BCUT2D eigenvalue weighted by Gasteiger charge is 2.20. The summed E-state index contributed by atoms with van der Waals surface area (Å²) in [5.74, 6) is -0.177. The van der Waals surface area contributed by atoms with Crippen molar-refractivity contribution in [2.75, 3.05) is 13.7 Å². The molecule has 0 saturated carbocycles. The zero-order valence-corrected chi connectivity index (χ0v) is 14.2. The minimum atomic E-state index is -3.79. The first-order valence-corrected chi connectivity index (χ1v) is 8.73. The van der Waals surface area contributed by atoms with Crippen LogP contribution < -0.4 is 9.47 Å². The fraction of sp³-hybridized carbons (Fsp3) is 0.235. The largest absolute Gasteiger partial charge is 0.497 e. The topological polar surface area (TPSA) is 89.9 Å². The van der Waals surface area contributed by atoms with Gasteiger partial charge in [-0.3, -0.25) is 4.79 Å². The van der Waals surface area contributed by atoms with Gasteiger partial charge in [0, 0.05) is 0 Å². The molecule has 1 N–H and O–H groups in total. The van der Waals surface area contributed by atoms with E-state index in [4.69, 9.17) is 14.6 Å². The van der Waals surface area contributed by atoms with E-state index in [1.165, 1.54) is 37.4 Å². The van der Waals surface area contributed by atoms with Crippen molar-refractivity contribution >= 4 is 15.8 Å². The fourth-order valence-corrected chi connectivity index (χ4v) is 3.55. The van der Waals surface area contributed by atoms with Crippen LogP contribution in [0.5, 0.6) is 11.5 Å². The van der Waals surface area contributed by atoms with Crippen molar-refractivity contribution < 1.29 is 27.8 Å². The Bertz CT molecular complexity index is 825. The molecule has 128 valence electrons. The van der Waals surface area contributed by atoms with Crippen LogP contribution in [0.15, 0.2) is 52.3 Å². The van der Waals surface area contributed by atoms with Gasteiger partial charge in [0.25, 0.3) is 0 Å². The lowest BCUT2D eigenvalue weighted by molar-refractivity contribution is -0.136. The summed E-state index contributed by atoms with van der Waals surface area (Å²) in [4.78, 5) is 11.0. The number of carboxylic acids is 1. The summed E-state index contributed by atoms with van der Waals surface area (Å²) >= 11 is 0. The average molecular weight is 350 g/mol. The van der Waals surface area contributed by atoms with Crippen LogP contribution in [0.4, 0.5) is 0 Å². The van der Waals surface area contributed by atoms with Crippen molar-refractivity contribution in [3.63, 3.8) is 0 Å². The SMILES string of the molecule is CCOc1cc(CC(=O)O)cc(S(=O)(=O)c2ccc(OC)cc2)c1. The van der Waals surface area contributed by atoms with E-state index in [9.17, 15) is 13.2 Å². The average Bonchev–Trinajstić information content (AvgIpc) is 2.54. The molecule has 0 atom stereocenters. The second-order valence-electron chi connectivity index (χ2n) is 5.00. The van der Waals surface area contributed by atoms with Gasteiger partial charge >= 0.3 is 5.97 Å². The van der Waals surface area contributed by atoms with Crippen molar-refractivity contribution in [1.82, 2.24) is 0 Å². The summed E-state index contributed by atoms with van der Waals surface area (Å²) < 4.78 is 35.9. The van der Waals surface area contributed by atoms with Crippen LogP contribution in [-0.4, -0.2) is 33.2 Å². The maximum absolute atomic E-state index is 12.8. The van der Waals surface area contributed by atoms with Crippen molar-refractivity contribution in [2.45, 2.75) is 23.1 Å². The molecule has 0 aliphatic carbocycles. The highest BCUT2D eigenvalue weighted by atomic mass is 32.2. The highest BCUT2D eigenvalue weighted by Crippen LogP contribution is 2.27. The van der Waals surface area contributed by atoms with E-state index in [-0.39, 0.29) is 16.2 Å². The number of hydrogen-bond acceptors (Lipinski definition) is 5. The van der Waals surface area contributed by atoms with E-state index in [1.54, 1.807) is 19.1 Å². The Morgan fingerprint density at radius 2 is 1.71 bits per heavy atom. The molecule has 0 aromatic heterocycles. The van der Waals surface area contributed by atoms with E-state index < -0.39 is 15.8 Å². The molecule has 0 aliphatic heterocycles. The van der Waals surface area contributed by atoms with Gasteiger partial charge in [-0.05, 0) is 55.0 Å². The van der Waals surface area contributed by atoms with Gasteiger partial charge in [0.05, 0.1) is 29.9 Å². The predicted octanol–water partition coefficient (Wildman–Crippen LogP) is 2.55. The molecule has 2 aromatic rings. The third-order valence-electron chi connectivity index (χ3n) is 3.29. The molecule has 0 bridgehead atoms. The van der Waals surface area contributed by atoms with E-state index in [1.807, 2.05) is 0 Å². The van der Waals surface area contributed by atoms with Gasteiger partial charge in [-0.15, -0.1) is 0 Å². The van der Waals surface area contributed by atoms with Crippen molar-refractivity contribution in [3.8, 4) is 11.5 Å². The molecule has 0 fully saturated rings. The lowest BCUT2D eigenvalue weighted by Crippen LogP contribution is -2.06. The Kier molecular flexibility index (Phi) is 5.46. The molecule has 0 saturated heterocycles. The van der Waals surface area contributed by atoms with Gasteiger partial charge in [-0.25, -0.2) is 8.42 Å². The Morgan fingerprint density at radius 1 is 1.04 bits per heavy atom. The number of rotatable bonds is 7. The molecule has 0 amide bonds. The third kappa shape index (κ3) is 4.05. The molecular formula is C17H18O6S. The minimum absolute atomic E-state index is 0.00475. The van der Waals surface area contributed by atoms with Crippen molar-refractivity contribution in [3.05, 3.63) is 48.0 Å². The fourth-order valence-electron chi connectivity index (χ4n) is 2.20. The number of carboxylic acid groups (broad SMARTS) is 1. The Hall–Kier alpha value is -2.54. The van der Waals surface area contributed by atoms with Gasteiger partial charge in [0.15, 0.2) is 0 Å². The summed E-state index contributed by atoms with van der Waals surface area (Å²) in [7, 11) is -2.30. The van der Waals surface area contributed by atoms with Crippen LogP contribution in [-0.2, 0) is 21.1 Å². The zero-order valence-electron chi connectivity index (χ0n) is 13.4. The maximum Gasteiger partial charge on any atom is 0.307 e. The lowest BCUT2D eigenvalue weighted by Gasteiger charge is -2.11. The summed E-state index contributed by atoms with van der Waals surface area (Å²) in [6, 6.07) is 10.3. The Morgan fingerprint density at radius 3 is 2.25 bits per heavy atom. The number of carbonyl (C=O) groups is 1. The molecule has 2 aromatic carbocycles. The van der Waals surface area contributed by atoms with Crippen LogP contribution >= 0.6 is 0 Å². The normalized spacial score (nSPS) is 11.1. The number of benzene rings is 2. The molecular weight excluding hydrogens is 332 g/mol. The van der Waals surface area contributed by atoms with Gasteiger partial charge in [-0.2, -0.15) is 0 Å². The van der Waals surface area contributed by atoms with Gasteiger partial charge in [-0.1, -0.05) is 0 Å². The van der Waals surface area contributed by atoms with Crippen molar-refractivity contribution in [1.29, 1.82) is 0 Å². The van der Waals surface area contributed by atoms with E-state index in [0.717, 1.165) is 0 Å². The van der Waals surface area contributed by atoms with E-state index in [0.29, 0.717) is 23.7 Å². The molecule has 0 aliphatic rings. The molecule has 0 radical (unpaired) electrons. The number of hydrogen-bond donors (Lipinski definition) is 1. The minimum Gasteiger partial charge on any atom is -0.497 e. The standard InChI is InChI=1S/C17H18O6S/c1-3-23-14-8-12(10-17(18)19)9-16(11-14)24(20,21)15-6-4-13(22-2)5-7-15/h4-9,11H,3,10H2,1-2H3,(H,18,19). The van der Waals surface area contributed by atoms with E-state index >= 15 is 0 Å². The maximum atomic E-state index is 12.8. The second kappa shape index (κ2) is 7.35. The smallest absolute Gasteiger partial charge is 0.307 e. The first kappa shape index (κ1) is 17.8. The van der Waals surface area contributed by atoms with Crippen LogP contribution in [0.1, 0.15) is 12.5 Å². The van der Waals surface area contributed by atoms with Crippen LogP contribution in [0.2, 0.25) is 0 Å². The Balaban J connectivity index is 2.50. The molecule has 7 heteroatoms. The molecule has 6 nitrogen and oxygen atoms in total. The summed E-state index contributed by atoms with van der Waals surface area (Å²) in [6.45, 7) is 2.11. The molecule has 0 heterocycles. The predicted molar refractivity (Wildman–Crippen MR) is 87.4 cm³/mol. The molecule has 0 unspecified atom stereocenters. The molecule has 24 heavy (non-hydrogen) atoms. The molecule has 2 rings (SSSR count). The van der Waals surface area contributed by atoms with Gasteiger partial charge in [0.2, 0.25) is 9.84 Å². The Labute approximate surface area is 140 Å². The second-order valence-corrected chi connectivity index (χ2v) is 6.94. The number of methoxy groups -OCH3 is 1. The first-order chi connectivity index (χ1) is 11.4. The van der Waals surface area contributed by atoms with E-state index in [2.05, 4.69) is 0 Å². The summed E-state index contributed by atoms with van der Waals surface area (Å²) in [6.07, 6.45) is -0.286. The number of aliphatic carboxylic acids is 1. The monoisotopic (exact) mass is 350 g/mol.